The molecule has 2 unspecified atom stereocenters. The Morgan fingerprint density at radius 3 is 2.45 bits per heavy atom. The van der Waals surface area contributed by atoms with Gasteiger partial charge in [-0.05, 0) is 11.6 Å². The number of anilines is 1. The van der Waals surface area contributed by atoms with Gasteiger partial charge in [-0.2, -0.15) is 0 Å². The van der Waals surface area contributed by atoms with Crippen LogP contribution in [0, 0.1) is 10.1 Å². The number of benzene rings is 1. The Morgan fingerprint density at radius 1 is 1.35 bits per heavy atom. The summed E-state index contributed by atoms with van der Waals surface area (Å²) in [5, 5.41) is 10.9. The Bertz CT molecular complexity index is 483. The molecule has 20 heavy (non-hydrogen) atoms. The molecule has 2 N–H and O–H groups in total. The number of nitro benzene ring substituents is 1. The fourth-order valence-electron chi connectivity index (χ4n) is 2.50. The van der Waals surface area contributed by atoms with E-state index in [9.17, 15) is 10.1 Å². The van der Waals surface area contributed by atoms with Gasteiger partial charge in [0.2, 0.25) is 0 Å². The molecular formula is C13H19N3O4. The molecule has 1 aliphatic rings. The van der Waals surface area contributed by atoms with Crippen molar-refractivity contribution in [2.24, 2.45) is 0 Å². The number of rotatable bonds is 5. The first-order valence-corrected chi connectivity index (χ1v) is 6.36. The molecule has 0 bridgehead atoms. The largest absolute Gasteiger partial charge is 0.393 e. The Kier molecular flexibility index (Phi) is 4.53. The summed E-state index contributed by atoms with van der Waals surface area (Å²) in [4.78, 5) is 12.6. The molecule has 1 saturated heterocycles. The second-order valence-corrected chi connectivity index (χ2v) is 4.89. The summed E-state index contributed by atoms with van der Waals surface area (Å²) >= 11 is 0. The molecule has 1 aromatic carbocycles. The van der Waals surface area contributed by atoms with Crippen molar-refractivity contribution in [3.8, 4) is 0 Å². The second kappa shape index (κ2) is 6.17. The molecule has 110 valence electrons. The van der Waals surface area contributed by atoms with Gasteiger partial charge < -0.3 is 15.2 Å². The molecular weight excluding hydrogens is 262 g/mol. The zero-order chi connectivity index (χ0) is 14.7. The van der Waals surface area contributed by atoms with Crippen molar-refractivity contribution in [2.45, 2.75) is 18.8 Å². The molecule has 0 spiro atoms. The number of nitrogen functional groups attached to an aromatic ring is 1. The number of nitrogens with two attached hydrogens (primary N) is 1. The van der Waals surface area contributed by atoms with Crippen LogP contribution in [-0.4, -0.2) is 49.3 Å². The summed E-state index contributed by atoms with van der Waals surface area (Å²) in [7, 11) is 3.32. The highest BCUT2D eigenvalue weighted by atomic mass is 16.6. The summed E-state index contributed by atoms with van der Waals surface area (Å²) in [5.74, 6) is 0. The van der Waals surface area contributed by atoms with Crippen LogP contribution < -0.4 is 5.73 Å². The Labute approximate surface area is 117 Å². The Balaban J connectivity index is 2.08. The first kappa shape index (κ1) is 14.7. The zero-order valence-corrected chi connectivity index (χ0v) is 11.6. The van der Waals surface area contributed by atoms with Gasteiger partial charge in [0.1, 0.15) is 5.69 Å². The van der Waals surface area contributed by atoms with Crippen LogP contribution in [0.5, 0.6) is 0 Å². The number of hydrogen-bond donors (Lipinski definition) is 1. The Hall–Kier alpha value is -1.70. The lowest BCUT2D eigenvalue weighted by Gasteiger charge is -2.15. The van der Waals surface area contributed by atoms with Gasteiger partial charge in [0.15, 0.2) is 0 Å². The molecule has 0 aliphatic carbocycles. The van der Waals surface area contributed by atoms with Crippen molar-refractivity contribution >= 4 is 11.4 Å². The summed E-state index contributed by atoms with van der Waals surface area (Å²) in [6.07, 6.45) is 0.0625. The first-order valence-electron chi connectivity index (χ1n) is 6.36. The number of likely N-dealkylation sites (tertiary alicyclic amines) is 1. The van der Waals surface area contributed by atoms with Gasteiger partial charge in [0.25, 0.3) is 5.69 Å². The third-order valence-corrected chi connectivity index (χ3v) is 3.59. The lowest BCUT2D eigenvalue weighted by molar-refractivity contribution is -0.384. The first-order chi connectivity index (χ1) is 9.55. The van der Waals surface area contributed by atoms with Crippen molar-refractivity contribution in [1.82, 2.24) is 4.90 Å². The van der Waals surface area contributed by atoms with Crippen LogP contribution in [0.4, 0.5) is 11.4 Å². The van der Waals surface area contributed by atoms with E-state index in [0.717, 1.165) is 18.7 Å². The fraction of sp³-hybridized carbons (Fsp3) is 0.538. The van der Waals surface area contributed by atoms with Crippen molar-refractivity contribution in [1.29, 1.82) is 0 Å². The minimum Gasteiger partial charge on any atom is -0.393 e. The molecule has 2 rings (SSSR count). The van der Waals surface area contributed by atoms with Gasteiger partial charge in [-0.3, -0.25) is 15.0 Å². The van der Waals surface area contributed by atoms with E-state index >= 15 is 0 Å². The fourth-order valence-corrected chi connectivity index (χ4v) is 2.50. The minimum absolute atomic E-state index is 0.0313. The van der Waals surface area contributed by atoms with E-state index in [2.05, 4.69) is 4.90 Å². The molecule has 1 aromatic rings. The second-order valence-electron chi connectivity index (χ2n) is 4.89. The smallest absolute Gasteiger partial charge is 0.292 e. The molecule has 7 nitrogen and oxygen atoms in total. The maximum atomic E-state index is 10.9. The summed E-state index contributed by atoms with van der Waals surface area (Å²) < 4.78 is 10.7. The number of hydrogen-bond acceptors (Lipinski definition) is 6. The van der Waals surface area contributed by atoms with Gasteiger partial charge in [-0.1, -0.05) is 6.07 Å². The molecule has 0 amide bonds. The van der Waals surface area contributed by atoms with Crippen LogP contribution in [0.25, 0.3) is 0 Å². The monoisotopic (exact) mass is 281 g/mol. The lowest BCUT2D eigenvalue weighted by atomic mass is 10.1. The van der Waals surface area contributed by atoms with Gasteiger partial charge >= 0.3 is 0 Å². The third kappa shape index (κ3) is 3.06. The molecule has 0 saturated carbocycles. The van der Waals surface area contributed by atoms with Crippen molar-refractivity contribution in [3.05, 3.63) is 33.9 Å². The molecule has 7 heteroatoms. The molecule has 0 radical (unpaired) electrons. The van der Waals surface area contributed by atoms with Crippen LogP contribution in [0.15, 0.2) is 18.2 Å². The van der Waals surface area contributed by atoms with Crippen LogP contribution >= 0.6 is 0 Å². The SMILES string of the molecule is COC1CN(Cc2ccc(N)c([N+](=O)[O-])c2)CC1OC. The number of nitrogens with zero attached hydrogens (tertiary/aromatic N) is 2. The number of ether oxygens (including phenoxy) is 2. The average molecular weight is 281 g/mol. The standard InChI is InChI=1S/C13H19N3O4/c1-19-12-7-15(8-13(12)20-2)6-9-3-4-10(14)11(5-9)16(17)18/h3-5,12-13H,6-8,14H2,1-2H3. The predicted molar refractivity (Wildman–Crippen MR) is 74.4 cm³/mol. The van der Waals surface area contributed by atoms with E-state index in [1.165, 1.54) is 6.07 Å². The highest BCUT2D eigenvalue weighted by Crippen LogP contribution is 2.24. The highest BCUT2D eigenvalue weighted by molar-refractivity contribution is 5.59. The van der Waals surface area contributed by atoms with Gasteiger partial charge in [-0.25, -0.2) is 0 Å². The van der Waals surface area contributed by atoms with Crippen LogP contribution in [0.2, 0.25) is 0 Å². The minimum atomic E-state index is -0.460. The van der Waals surface area contributed by atoms with E-state index in [4.69, 9.17) is 15.2 Å². The maximum Gasteiger partial charge on any atom is 0.292 e. The van der Waals surface area contributed by atoms with Crippen LogP contribution in [0.1, 0.15) is 5.56 Å². The third-order valence-electron chi connectivity index (χ3n) is 3.59. The van der Waals surface area contributed by atoms with E-state index in [1.54, 1.807) is 20.3 Å². The molecule has 1 fully saturated rings. The molecule has 1 heterocycles. The lowest BCUT2D eigenvalue weighted by Crippen LogP contribution is -2.27. The van der Waals surface area contributed by atoms with Gasteiger partial charge in [0.05, 0.1) is 17.1 Å². The van der Waals surface area contributed by atoms with E-state index in [1.807, 2.05) is 6.07 Å². The van der Waals surface area contributed by atoms with E-state index < -0.39 is 4.92 Å². The van der Waals surface area contributed by atoms with Gasteiger partial charge in [0, 0.05) is 39.9 Å². The topological polar surface area (TPSA) is 90.9 Å². The highest BCUT2D eigenvalue weighted by Gasteiger charge is 2.32. The Morgan fingerprint density at radius 2 is 1.95 bits per heavy atom. The van der Waals surface area contributed by atoms with Crippen molar-refractivity contribution < 1.29 is 14.4 Å². The van der Waals surface area contributed by atoms with E-state index in [-0.39, 0.29) is 23.6 Å². The van der Waals surface area contributed by atoms with Crippen molar-refractivity contribution in [2.75, 3.05) is 33.0 Å². The quantitative estimate of drug-likeness (QED) is 0.492. The molecule has 0 aromatic heterocycles. The maximum absolute atomic E-state index is 10.9. The van der Waals surface area contributed by atoms with Crippen molar-refractivity contribution in [3.63, 3.8) is 0 Å². The van der Waals surface area contributed by atoms with Crippen LogP contribution in [-0.2, 0) is 16.0 Å². The summed E-state index contributed by atoms with van der Waals surface area (Å²) in [5.41, 5.74) is 6.59. The molecule has 1 aliphatic heterocycles. The van der Waals surface area contributed by atoms with E-state index in [0.29, 0.717) is 6.54 Å². The zero-order valence-electron chi connectivity index (χ0n) is 11.6. The average Bonchev–Trinajstić information content (AvgIpc) is 2.82. The number of methoxy groups -OCH3 is 2. The number of nitro groups is 1. The summed E-state index contributed by atoms with van der Waals surface area (Å²) in [6.45, 7) is 2.10. The van der Waals surface area contributed by atoms with Gasteiger partial charge in [-0.15, -0.1) is 0 Å². The van der Waals surface area contributed by atoms with Crippen LogP contribution in [0.3, 0.4) is 0 Å². The predicted octanol–water partition coefficient (Wildman–Crippen LogP) is 1.02. The normalized spacial score (nSPS) is 23.1. The summed E-state index contributed by atoms with van der Waals surface area (Å²) in [6, 6.07) is 4.91. The molecule has 2 atom stereocenters.